The van der Waals surface area contributed by atoms with E-state index in [2.05, 4.69) is 21.8 Å². The lowest BCUT2D eigenvalue weighted by molar-refractivity contribution is 0.414. The highest BCUT2D eigenvalue weighted by atomic mass is 19.1. The quantitative estimate of drug-likeness (QED) is 0.515. The Morgan fingerprint density at radius 3 is 2.65 bits per heavy atom. The van der Waals surface area contributed by atoms with E-state index in [0.29, 0.717) is 34.8 Å². The smallest absolute Gasteiger partial charge is 0.159 e. The minimum Gasteiger partial charge on any atom is -0.497 e. The number of hydrogen-bond acceptors (Lipinski definition) is 5. The maximum absolute atomic E-state index is 13.5. The number of nitrogen functional groups attached to an aromatic ring is 1. The lowest BCUT2D eigenvalue weighted by Crippen LogP contribution is -2.19. The second-order valence-corrected chi connectivity index (χ2v) is 7.21. The van der Waals surface area contributed by atoms with Crippen LogP contribution < -0.4 is 15.4 Å². The van der Waals surface area contributed by atoms with Crippen molar-refractivity contribution in [1.82, 2.24) is 14.5 Å². The highest BCUT2D eigenvalue weighted by molar-refractivity contribution is 5.94. The van der Waals surface area contributed by atoms with Crippen LogP contribution in [0.5, 0.6) is 5.75 Å². The molecule has 0 spiro atoms. The Labute approximate surface area is 180 Å². The van der Waals surface area contributed by atoms with Gasteiger partial charge in [0.25, 0.3) is 0 Å². The van der Waals surface area contributed by atoms with E-state index in [9.17, 15) is 4.39 Å². The van der Waals surface area contributed by atoms with E-state index >= 15 is 0 Å². The van der Waals surface area contributed by atoms with Gasteiger partial charge in [-0.2, -0.15) is 0 Å². The molecule has 2 heterocycles. The minimum absolute atomic E-state index is 0.302. The van der Waals surface area contributed by atoms with E-state index in [0.717, 1.165) is 16.8 Å². The van der Waals surface area contributed by atoms with Gasteiger partial charge in [0.2, 0.25) is 0 Å². The maximum atomic E-state index is 13.5. The van der Waals surface area contributed by atoms with Crippen LogP contribution in [0.15, 0.2) is 54.9 Å². The molecule has 156 valence electrons. The number of fused-ring (bicyclic) bond motifs is 1. The summed E-state index contributed by atoms with van der Waals surface area (Å²) >= 11 is 0. The maximum Gasteiger partial charge on any atom is 0.159 e. The molecule has 2 aromatic heterocycles. The molecule has 2 aromatic carbocycles. The zero-order valence-electron chi connectivity index (χ0n) is 17.6. The van der Waals surface area contributed by atoms with Gasteiger partial charge in [0.1, 0.15) is 22.9 Å². The monoisotopic (exact) mass is 415 g/mol. The molecule has 0 bridgehead atoms. The van der Waals surface area contributed by atoms with Crippen molar-refractivity contribution in [3.8, 4) is 17.6 Å². The van der Waals surface area contributed by atoms with Crippen LogP contribution in [-0.2, 0) is 13.6 Å². The number of nitrogens with two attached hydrogens (primary N) is 1. The number of halogens is 1. The molecule has 0 aliphatic heterocycles. The first-order chi connectivity index (χ1) is 15.0. The second-order valence-electron chi connectivity index (χ2n) is 7.21. The van der Waals surface area contributed by atoms with Crippen molar-refractivity contribution in [1.29, 1.82) is 0 Å². The normalized spacial score (nSPS) is 10.6. The lowest BCUT2D eigenvalue weighted by Gasteiger charge is -2.20. The fraction of sp³-hybridized carbons (Fsp3) is 0.167. The number of rotatable bonds is 4. The van der Waals surface area contributed by atoms with E-state index in [1.807, 2.05) is 47.8 Å². The molecule has 0 atom stereocenters. The fourth-order valence-electron chi connectivity index (χ4n) is 3.40. The van der Waals surface area contributed by atoms with Gasteiger partial charge in [-0.1, -0.05) is 30.0 Å². The summed E-state index contributed by atoms with van der Waals surface area (Å²) < 4.78 is 20.6. The van der Waals surface area contributed by atoms with Gasteiger partial charge in [0.15, 0.2) is 5.82 Å². The number of methoxy groups -OCH3 is 1. The molecule has 0 aliphatic carbocycles. The number of pyridine rings is 1. The second kappa shape index (κ2) is 8.36. The Bertz CT molecular complexity index is 1300. The molecule has 0 saturated carbocycles. The summed E-state index contributed by atoms with van der Waals surface area (Å²) in [6, 6.07) is 14.0. The molecule has 0 radical (unpaired) electrons. The predicted octanol–water partition coefficient (Wildman–Crippen LogP) is 3.73. The summed E-state index contributed by atoms with van der Waals surface area (Å²) in [6.45, 7) is 0.621. The number of benzene rings is 2. The molecule has 7 heteroatoms. The number of imidazole rings is 1. The molecule has 4 aromatic rings. The van der Waals surface area contributed by atoms with Crippen molar-refractivity contribution >= 4 is 22.7 Å². The molecule has 0 aliphatic rings. The Balaban J connectivity index is 1.73. The third-order valence-corrected chi connectivity index (χ3v) is 4.96. The highest BCUT2D eigenvalue weighted by Crippen LogP contribution is 2.29. The standard InChI is InChI=1S/C24H22FN5O/c1-29(14-17-7-10-19(31-3)11-8-17)24-21-22(30(2)15-27-21)20(23(26)28-24)12-9-16-5-4-6-18(25)13-16/h4-8,10-11,13,15H,14H2,1-3H3,(H2,26,28). The van der Waals surface area contributed by atoms with Gasteiger partial charge in [-0.25, -0.2) is 14.4 Å². The van der Waals surface area contributed by atoms with E-state index < -0.39 is 0 Å². The van der Waals surface area contributed by atoms with Gasteiger partial charge in [-0.15, -0.1) is 0 Å². The highest BCUT2D eigenvalue weighted by Gasteiger charge is 2.18. The zero-order valence-corrected chi connectivity index (χ0v) is 17.6. The Morgan fingerprint density at radius 2 is 1.94 bits per heavy atom. The number of ether oxygens (including phenoxy) is 1. The van der Waals surface area contributed by atoms with Gasteiger partial charge in [-0.3, -0.25) is 0 Å². The van der Waals surface area contributed by atoms with E-state index in [1.165, 1.54) is 12.1 Å². The molecule has 31 heavy (non-hydrogen) atoms. The van der Waals surface area contributed by atoms with Crippen molar-refractivity contribution in [2.24, 2.45) is 7.05 Å². The lowest BCUT2D eigenvalue weighted by atomic mass is 10.1. The van der Waals surface area contributed by atoms with E-state index in [1.54, 1.807) is 25.6 Å². The Kier molecular flexibility index (Phi) is 5.46. The molecule has 0 saturated heterocycles. The number of aryl methyl sites for hydroxylation is 1. The molecular formula is C24H22FN5O. The number of aromatic nitrogens is 3. The average Bonchev–Trinajstić information content (AvgIpc) is 3.14. The van der Waals surface area contributed by atoms with Gasteiger partial charge in [0, 0.05) is 26.2 Å². The molecular weight excluding hydrogens is 393 g/mol. The Morgan fingerprint density at radius 1 is 1.16 bits per heavy atom. The summed E-state index contributed by atoms with van der Waals surface area (Å²) in [5, 5.41) is 0. The van der Waals surface area contributed by atoms with E-state index in [4.69, 9.17) is 10.5 Å². The van der Waals surface area contributed by atoms with Crippen LogP contribution in [0.2, 0.25) is 0 Å². The molecule has 2 N–H and O–H groups in total. The molecule has 6 nitrogen and oxygen atoms in total. The third-order valence-electron chi connectivity index (χ3n) is 4.96. The first-order valence-electron chi connectivity index (χ1n) is 9.68. The third kappa shape index (κ3) is 4.14. The summed E-state index contributed by atoms with van der Waals surface area (Å²) in [7, 11) is 5.47. The topological polar surface area (TPSA) is 69.2 Å². The average molecular weight is 415 g/mol. The van der Waals surface area contributed by atoms with Crippen molar-refractivity contribution in [3.63, 3.8) is 0 Å². The van der Waals surface area contributed by atoms with Crippen molar-refractivity contribution < 1.29 is 9.13 Å². The summed E-state index contributed by atoms with van der Waals surface area (Å²) in [5.41, 5.74) is 10.0. The minimum atomic E-state index is -0.334. The number of nitrogens with zero attached hydrogens (tertiary/aromatic N) is 4. The molecule has 0 fully saturated rings. The number of anilines is 2. The van der Waals surface area contributed by atoms with Crippen LogP contribution in [0.1, 0.15) is 16.7 Å². The number of hydrogen-bond donors (Lipinski definition) is 1. The van der Waals surface area contributed by atoms with Gasteiger partial charge in [-0.05, 0) is 35.9 Å². The summed E-state index contributed by atoms with van der Waals surface area (Å²) in [5.74, 6) is 7.47. The van der Waals surface area contributed by atoms with Crippen LogP contribution in [-0.4, -0.2) is 28.7 Å². The first-order valence-corrected chi connectivity index (χ1v) is 9.68. The van der Waals surface area contributed by atoms with Crippen LogP contribution in [0.3, 0.4) is 0 Å². The fourth-order valence-corrected chi connectivity index (χ4v) is 3.40. The van der Waals surface area contributed by atoms with Crippen LogP contribution in [0.4, 0.5) is 16.0 Å². The molecule has 0 unspecified atom stereocenters. The summed E-state index contributed by atoms with van der Waals surface area (Å²) in [4.78, 5) is 11.1. The van der Waals surface area contributed by atoms with Crippen molar-refractivity contribution in [2.45, 2.75) is 6.54 Å². The predicted molar refractivity (Wildman–Crippen MR) is 120 cm³/mol. The molecule has 0 amide bonds. The van der Waals surface area contributed by atoms with Gasteiger partial charge < -0.3 is 19.9 Å². The summed E-state index contributed by atoms with van der Waals surface area (Å²) in [6.07, 6.45) is 1.71. The van der Waals surface area contributed by atoms with Crippen LogP contribution in [0.25, 0.3) is 11.0 Å². The Hall–Kier alpha value is -4.05. The van der Waals surface area contributed by atoms with Gasteiger partial charge in [0.05, 0.1) is 24.5 Å². The zero-order chi connectivity index (χ0) is 22.0. The van der Waals surface area contributed by atoms with Crippen LogP contribution >= 0.6 is 0 Å². The van der Waals surface area contributed by atoms with Gasteiger partial charge >= 0.3 is 0 Å². The van der Waals surface area contributed by atoms with Crippen molar-refractivity contribution in [3.05, 3.63) is 77.4 Å². The first kappa shape index (κ1) is 20.2. The molecule has 4 rings (SSSR count). The SMILES string of the molecule is COc1ccc(CN(C)c2nc(N)c(C#Cc3cccc(F)c3)c3c2ncn3C)cc1. The largest absolute Gasteiger partial charge is 0.497 e. The van der Waals surface area contributed by atoms with E-state index in [-0.39, 0.29) is 5.82 Å². The van der Waals surface area contributed by atoms with Crippen molar-refractivity contribution in [2.75, 3.05) is 24.8 Å². The van der Waals surface area contributed by atoms with Crippen LogP contribution in [0, 0.1) is 17.7 Å².